The second kappa shape index (κ2) is 7.66. The molecule has 5 nitrogen and oxygen atoms in total. The van der Waals surface area contributed by atoms with Crippen molar-refractivity contribution in [1.82, 2.24) is 0 Å². The summed E-state index contributed by atoms with van der Waals surface area (Å²) in [5.41, 5.74) is 2.48. The van der Waals surface area contributed by atoms with Crippen LogP contribution in [0, 0.1) is 0 Å². The highest BCUT2D eigenvalue weighted by Gasteiger charge is 2.46. The van der Waals surface area contributed by atoms with Crippen LogP contribution in [0.2, 0.25) is 0 Å². The fraction of sp³-hybridized carbons (Fsp3) is 0.130. The van der Waals surface area contributed by atoms with Gasteiger partial charge in [-0.3, -0.25) is 4.79 Å². The largest absolute Gasteiger partial charge is 0.488 e. The first kappa shape index (κ1) is 17.9. The summed E-state index contributed by atoms with van der Waals surface area (Å²) in [6.07, 6.45) is -0.949. The number of benzene rings is 3. The number of epoxide rings is 1. The quantitative estimate of drug-likeness (QED) is 0.493. The summed E-state index contributed by atoms with van der Waals surface area (Å²) in [7, 11) is 0. The molecule has 1 fully saturated rings. The number of carbonyl (C=O) groups excluding carboxylic acids is 1. The summed E-state index contributed by atoms with van der Waals surface area (Å²) in [5.74, 6) is -0.608. The Bertz CT molecular complexity index is 995. The van der Waals surface area contributed by atoms with Crippen molar-refractivity contribution >= 4 is 11.8 Å². The van der Waals surface area contributed by atoms with Crippen LogP contribution in [0.3, 0.4) is 0 Å². The van der Waals surface area contributed by atoms with Crippen LogP contribution in [0.5, 0.6) is 5.75 Å². The molecule has 0 aliphatic carbocycles. The van der Waals surface area contributed by atoms with Crippen molar-refractivity contribution in [2.24, 2.45) is 0 Å². The Hall–Kier alpha value is -3.44. The topological polar surface area (TPSA) is 76.1 Å². The first-order valence-electron chi connectivity index (χ1n) is 8.92. The van der Waals surface area contributed by atoms with Crippen LogP contribution < -0.4 is 4.74 Å². The Labute approximate surface area is 162 Å². The van der Waals surface area contributed by atoms with Crippen LogP contribution in [0.4, 0.5) is 0 Å². The van der Waals surface area contributed by atoms with Gasteiger partial charge in [0.05, 0.1) is 11.1 Å². The number of ether oxygens (including phenoxy) is 2. The molecule has 2 unspecified atom stereocenters. The van der Waals surface area contributed by atoms with Crippen molar-refractivity contribution in [3.8, 4) is 5.75 Å². The molecule has 0 amide bonds. The van der Waals surface area contributed by atoms with E-state index in [2.05, 4.69) is 0 Å². The van der Waals surface area contributed by atoms with Gasteiger partial charge in [0.2, 0.25) is 0 Å². The number of carbonyl (C=O) groups is 2. The van der Waals surface area contributed by atoms with E-state index in [-0.39, 0.29) is 17.5 Å². The average molecular weight is 374 g/mol. The van der Waals surface area contributed by atoms with Crippen molar-refractivity contribution in [3.63, 3.8) is 0 Å². The van der Waals surface area contributed by atoms with Crippen molar-refractivity contribution in [2.75, 3.05) is 0 Å². The van der Waals surface area contributed by atoms with Crippen LogP contribution >= 0.6 is 0 Å². The van der Waals surface area contributed by atoms with E-state index < -0.39 is 12.1 Å². The molecule has 1 aliphatic heterocycles. The van der Waals surface area contributed by atoms with E-state index in [1.807, 2.05) is 36.4 Å². The van der Waals surface area contributed by atoms with E-state index in [1.165, 1.54) is 12.1 Å². The zero-order valence-electron chi connectivity index (χ0n) is 14.9. The normalized spacial score (nSPS) is 17.7. The average Bonchev–Trinajstić information content (AvgIpc) is 3.54. The molecule has 1 heterocycles. The van der Waals surface area contributed by atoms with Gasteiger partial charge in [-0.1, -0.05) is 54.6 Å². The third kappa shape index (κ3) is 3.80. The molecule has 28 heavy (non-hydrogen) atoms. The summed E-state index contributed by atoms with van der Waals surface area (Å²) in [4.78, 5) is 23.9. The van der Waals surface area contributed by atoms with Crippen molar-refractivity contribution < 1.29 is 24.2 Å². The smallest absolute Gasteiger partial charge is 0.335 e. The predicted molar refractivity (Wildman–Crippen MR) is 103 cm³/mol. The van der Waals surface area contributed by atoms with Crippen LogP contribution in [-0.2, 0) is 11.3 Å². The molecule has 0 radical (unpaired) electrons. The fourth-order valence-corrected chi connectivity index (χ4v) is 3.07. The maximum Gasteiger partial charge on any atom is 0.335 e. The van der Waals surface area contributed by atoms with Crippen LogP contribution in [-0.4, -0.2) is 23.0 Å². The summed E-state index contributed by atoms with van der Waals surface area (Å²) in [5, 5.41) is 8.98. The van der Waals surface area contributed by atoms with Gasteiger partial charge in [-0.15, -0.1) is 0 Å². The highest BCUT2D eigenvalue weighted by molar-refractivity contribution is 6.03. The molecule has 0 bridgehead atoms. The molecule has 0 spiro atoms. The zero-order valence-corrected chi connectivity index (χ0v) is 14.9. The molecule has 3 aromatic rings. The Kier molecular flexibility index (Phi) is 4.91. The molecule has 0 aromatic heterocycles. The van der Waals surface area contributed by atoms with Gasteiger partial charge in [-0.25, -0.2) is 4.79 Å². The van der Waals surface area contributed by atoms with Gasteiger partial charge in [-0.2, -0.15) is 0 Å². The van der Waals surface area contributed by atoms with Crippen LogP contribution in [0.1, 0.15) is 37.9 Å². The summed E-state index contributed by atoms with van der Waals surface area (Å²) < 4.78 is 11.4. The lowest BCUT2D eigenvalue weighted by Crippen LogP contribution is -2.11. The minimum atomic E-state index is -0.986. The lowest BCUT2D eigenvalue weighted by molar-refractivity contribution is 0.0696. The highest BCUT2D eigenvalue weighted by Crippen LogP contribution is 2.41. The second-order valence-electron chi connectivity index (χ2n) is 6.54. The van der Waals surface area contributed by atoms with Gasteiger partial charge in [-0.05, 0) is 35.4 Å². The van der Waals surface area contributed by atoms with E-state index in [1.54, 1.807) is 30.3 Å². The molecular formula is C23H18O5. The number of para-hydroxylation sites is 1. The van der Waals surface area contributed by atoms with E-state index in [4.69, 9.17) is 14.6 Å². The SMILES string of the molecule is O=C(O)c1ccc(C2OC2C(=O)c2ccccc2OCc2ccccc2)cc1. The monoisotopic (exact) mass is 374 g/mol. The number of hydrogen-bond acceptors (Lipinski definition) is 4. The Balaban J connectivity index is 1.46. The third-order valence-corrected chi connectivity index (χ3v) is 4.63. The molecule has 5 heteroatoms. The summed E-state index contributed by atoms with van der Waals surface area (Å²) in [6, 6.07) is 23.2. The number of rotatable bonds is 7. The molecular weight excluding hydrogens is 356 g/mol. The zero-order chi connectivity index (χ0) is 19.5. The molecule has 1 saturated heterocycles. The molecule has 0 saturated carbocycles. The first-order valence-corrected chi connectivity index (χ1v) is 8.92. The number of aromatic carboxylic acids is 1. The van der Waals surface area contributed by atoms with E-state index >= 15 is 0 Å². The van der Waals surface area contributed by atoms with Crippen molar-refractivity contribution in [2.45, 2.75) is 18.8 Å². The molecule has 1 N–H and O–H groups in total. The number of carboxylic acids is 1. The first-order chi connectivity index (χ1) is 13.6. The van der Waals surface area contributed by atoms with Crippen LogP contribution in [0.15, 0.2) is 78.9 Å². The molecule has 3 aromatic carbocycles. The minimum absolute atomic E-state index is 0.143. The maximum absolute atomic E-state index is 12.9. The third-order valence-electron chi connectivity index (χ3n) is 4.63. The van der Waals surface area contributed by atoms with Gasteiger partial charge >= 0.3 is 5.97 Å². The number of Topliss-reactive ketones (excluding diaryl/α,β-unsaturated/α-hetero) is 1. The lowest BCUT2D eigenvalue weighted by atomic mass is 10.0. The minimum Gasteiger partial charge on any atom is -0.488 e. The summed E-state index contributed by atoms with van der Waals surface area (Å²) in [6.45, 7) is 0.372. The Morgan fingerprint density at radius 2 is 1.57 bits per heavy atom. The van der Waals surface area contributed by atoms with Crippen LogP contribution in [0.25, 0.3) is 0 Å². The number of hydrogen-bond donors (Lipinski definition) is 1. The summed E-state index contributed by atoms with van der Waals surface area (Å²) >= 11 is 0. The maximum atomic E-state index is 12.9. The molecule has 1 aliphatic rings. The standard InChI is InChI=1S/C23H18O5/c24-20(22-21(28-22)16-10-12-17(13-11-16)23(25)26)18-8-4-5-9-19(18)27-14-15-6-2-1-3-7-15/h1-13,21-22H,14H2,(H,25,26). The highest BCUT2D eigenvalue weighted by atomic mass is 16.6. The molecule has 140 valence electrons. The van der Waals surface area contributed by atoms with Gasteiger partial charge in [0, 0.05) is 0 Å². The van der Waals surface area contributed by atoms with E-state index in [0.29, 0.717) is 17.9 Å². The fourth-order valence-electron chi connectivity index (χ4n) is 3.07. The van der Waals surface area contributed by atoms with Gasteiger partial charge < -0.3 is 14.6 Å². The van der Waals surface area contributed by atoms with Gasteiger partial charge in [0.25, 0.3) is 0 Å². The number of carboxylic acid groups (broad SMARTS) is 1. The lowest BCUT2D eigenvalue weighted by Gasteiger charge is -2.10. The Morgan fingerprint density at radius 1 is 0.893 bits per heavy atom. The molecule has 4 rings (SSSR count). The van der Waals surface area contributed by atoms with Crippen molar-refractivity contribution in [1.29, 1.82) is 0 Å². The molecule has 2 atom stereocenters. The van der Waals surface area contributed by atoms with Gasteiger partial charge in [0.15, 0.2) is 11.9 Å². The predicted octanol–water partition coefficient (Wildman–Crippen LogP) is 4.29. The van der Waals surface area contributed by atoms with E-state index in [0.717, 1.165) is 11.1 Å². The van der Waals surface area contributed by atoms with Crippen molar-refractivity contribution in [3.05, 3.63) is 101 Å². The van der Waals surface area contributed by atoms with E-state index in [9.17, 15) is 9.59 Å². The number of ketones is 1. The Morgan fingerprint density at radius 3 is 2.29 bits per heavy atom. The van der Waals surface area contributed by atoms with Gasteiger partial charge in [0.1, 0.15) is 18.5 Å². The second-order valence-corrected chi connectivity index (χ2v) is 6.54.